The number of hydrogen-bond donors (Lipinski definition) is 0. The first-order chi connectivity index (χ1) is 22.8. The molecule has 4 aromatic carbocycles. The maximum absolute atomic E-state index is 14.4. The Morgan fingerprint density at radius 3 is 2.43 bits per heavy atom. The lowest BCUT2D eigenvalue weighted by molar-refractivity contribution is -0.138. The van der Waals surface area contributed by atoms with Crippen LogP contribution in [-0.2, 0) is 16.1 Å². The molecule has 0 amide bonds. The molecule has 0 spiro atoms. The van der Waals surface area contributed by atoms with E-state index >= 15 is 0 Å². The molecule has 234 valence electrons. The Morgan fingerprint density at radius 2 is 1.68 bits per heavy atom. The lowest BCUT2D eigenvalue weighted by Crippen LogP contribution is -2.40. The Bertz CT molecular complexity index is 2380. The Hall–Kier alpha value is -4.40. The van der Waals surface area contributed by atoms with Crippen molar-refractivity contribution in [2.45, 2.75) is 19.5 Å². The van der Waals surface area contributed by atoms with Crippen LogP contribution in [0.3, 0.4) is 0 Å². The number of esters is 1. The zero-order valence-corrected chi connectivity index (χ0v) is 28.1. The van der Waals surface area contributed by atoms with E-state index < -0.39 is 12.0 Å². The minimum atomic E-state index is -0.782. The van der Waals surface area contributed by atoms with Gasteiger partial charge < -0.3 is 9.30 Å². The van der Waals surface area contributed by atoms with Gasteiger partial charge in [0.1, 0.15) is 0 Å². The molecule has 0 saturated carbocycles. The molecule has 1 aliphatic heterocycles. The van der Waals surface area contributed by atoms with Crippen molar-refractivity contribution in [3.8, 4) is 0 Å². The number of rotatable bonds is 7. The predicted molar refractivity (Wildman–Crippen MR) is 190 cm³/mol. The fraction of sp³-hybridized carbons (Fsp3) is 0.108. The topological polar surface area (TPSA) is 65.6 Å². The van der Waals surface area contributed by atoms with E-state index in [-0.39, 0.29) is 17.7 Å². The molecule has 0 aliphatic carbocycles. The number of aromatic nitrogens is 2. The molecule has 0 N–H and O–H groups in total. The molecule has 6 aromatic rings. The summed E-state index contributed by atoms with van der Waals surface area (Å²) in [5.41, 5.74) is 4.84. The molecule has 47 heavy (non-hydrogen) atoms. The van der Waals surface area contributed by atoms with Crippen LogP contribution in [0.25, 0.3) is 22.7 Å². The van der Waals surface area contributed by atoms with Crippen molar-refractivity contribution in [2.24, 2.45) is 4.99 Å². The minimum absolute atomic E-state index is 0.175. The Labute approximate surface area is 289 Å². The summed E-state index contributed by atoms with van der Waals surface area (Å²) in [6.45, 7) is 2.49. The molecule has 7 rings (SSSR count). The normalized spacial score (nSPS) is 14.7. The standard InChI is InChI=1S/C37H26Cl3N3O3S/c1-2-46-36(45)32-33(23-8-4-3-5-9-23)41-37-43(34(32)24-13-15-26(38)16-14-24)35(44)31(47-37)19-25-21-42(30-11-7-6-10-27(25)30)20-22-12-17-28(39)29(40)18-22/h3-19,21,34H,2,20H2,1H3/b31-19+/t34-/m0/s1. The van der Waals surface area contributed by atoms with Crippen LogP contribution in [0.15, 0.2) is 119 Å². The number of carbonyl (C=O) groups excluding carboxylic acids is 1. The molecule has 1 atom stereocenters. The molecule has 1 aliphatic rings. The summed E-state index contributed by atoms with van der Waals surface area (Å²) in [5.74, 6) is -0.533. The number of benzene rings is 4. The van der Waals surface area contributed by atoms with Crippen LogP contribution in [0.5, 0.6) is 0 Å². The average molecular weight is 699 g/mol. The van der Waals surface area contributed by atoms with E-state index in [4.69, 9.17) is 44.5 Å². The predicted octanol–water partition coefficient (Wildman–Crippen LogP) is 7.90. The van der Waals surface area contributed by atoms with Gasteiger partial charge in [-0.05, 0) is 54.5 Å². The third-order valence-corrected chi connectivity index (χ3v) is 9.98. The van der Waals surface area contributed by atoms with Crippen LogP contribution < -0.4 is 14.9 Å². The largest absolute Gasteiger partial charge is 0.463 e. The van der Waals surface area contributed by atoms with Crippen LogP contribution in [0.1, 0.15) is 35.2 Å². The van der Waals surface area contributed by atoms with Crippen LogP contribution in [0.2, 0.25) is 15.1 Å². The van der Waals surface area contributed by atoms with Gasteiger partial charge in [-0.2, -0.15) is 0 Å². The average Bonchev–Trinajstić information content (AvgIpc) is 3.59. The zero-order valence-electron chi connectivity index (χ0n) is 25.0. The van der Waals surface area contributed by atoms with E-state index in [1.165, 1.54) is 11.3 Å². The third kappa shape index (κ3) is 5.96. The fourth-order valence-corrected chi connectivity index (χ4v) is 7.34. The van der Waals surface area contributed by atoms with Gasteiger partial charge in [0, 0.05) is 39.8 Å². The molecule has 2 aromatic heterocycles. The van der Waals surface area contributed by atoms with Gasteiger partial charge in [0.05, 0.1) is 38.5 Å². The van der Waals surface area contributed by atoms with Gasteiger partial charge in [-0.15, -0.1) is 0 Å². The molecule has 0 unspecified atom stereocenters. The first kappa shape index (κ1) is 31.2. The summed E-state index contributed by atoms with van der Waals surface area (Å²) >= 11 is 20.0. The molecule has 0 radical (unpaired) electrons. The molecular formula is C37H26Cl3N3O3S. The number of fused-ring (bicyclic) bond motifs is 2. The van der Waals surface area contributed by atoms with E-state index in [0.29, 0.717) is 42.2 Å². The van der Waals surface area contributed by atoms with E-state index in [9.17, 15) is 9.59 Å². The van der Waals surface area contributed by atoms with Gasteiger partial charge in [-0.25, -0.2) is 9.79 Å². The molecule has 0 bridgehead atoms. The van der Waals surface area contributed by atoms with Gasteiger partial charge >= 0.3 is 5.97 Å². The number of nitrogens with zero attached hydrogens (tertiary/aromatic N) is 3. The van der Waals surface area contributed by atoms with Crippen molar-refractivity contribution in [3.63, 3.8) is 0 Å². The second-order valence-electron chi connectivity index (χ2n) is 11.0. The van der Waals surface area contributed by atoms with Crippen molar-refractivity contribution in [3.05, 3.63) is 166 Å². The van der Waals surface area contributed by atoms with Gasteiger partial charge in [-0.1, -0.05) is 113 Å². The molecule has 6 nitrogen and oxygen atoms in total. The van der Waals surface area contributed by atoms with Crippen molar-refractivity contribution in [2.75, 3.05) is 6.61 Å². The lowest BCUT2D eigenvalue weighted by Gasteiger charge is -2.25. The van der Waals surface area contributed by atoms with Crippen LogP contribution >= 0.6 is 46.1 Å². The highest BCUT2D eigenvalue weighted by atomic mass is 35.5. The van der Waals surface area contributed by atoms with Crippen LogP contribution in [-0.4, -0.2) is 21.7 Å². The zero-order chi connectivity index (χ0) is 32.7. The molecule has 0 saturated heterocycles. The third-order valence-electron chi connectivity index (χ3n) is 8.00. The first-order valence-electron chi connectivity index (χ1n) is 14.9. The van der Waals surface area contributed by atoms with Crippen molar-refractivity contribution >= 4 is 74.8 Å². The maximum Gasteiger partial charge on any atom is 0.338 e. The fourth-order valence-electron chi connectivity index (χ4n) is 5.90. The van der Waals surface area contributed by atoms with Gasteiger partial charge in [0.15, 0.2) is 4.80 Å². The monoisotopic (exact) mass is 697 g/mol. The molecule has 10 heteroatoms. The van der Waals surface area contributed by atoms with Crippen molar-refractivity contribution < 1.29 is 9.53 Å². The summed E-state index contributed by atoms with van der Waals surface area (Å²) in [6.07, 6.45) is 3.92. The Balaban J connectivity index is 1.44. The van der Waals surface area contributed by atoms with E-state index in [1.54, 1.807) is 29.7 Å². The molecule has 0 fully saturated rings. The Morgan fingerprint density at radius 1 is 0.936 bits per heavy atom. The highest BCUT2D eigenvalue weighted by Gasteiger charge is 2.35. The van der Waals surface area contributed by atoms with Gasteiger partial charge in [0.2, 0.25) is 0 Å². The summed E-state index contributed by atoms with van der Waals surface area (Å²) in [6, 6.07) is 29.5. The number of para-hydroxylation sites is 1. The number of halogens is 3. The SMILES string of the molecule is CCOC(=O)C1=C(c2ccccc2)N=c2s/c(=C/c3cn(Cc4ccc(Cl)c(Cl)c4)c4ccccc34)c(=O)n2[C@H]1c1ccc(Cl)cc1. The highest BCUT2D eigenvalue weighted by molar-refractivity contribution is 7.07. The highest BCUT2D eigenvalue weighted by Crippen LogP contribution is 2.35. The number of hydrogen-bond acceptors (Lipinski definition) is 5. The van der Waals surface area contributed by atoms with Crippen molar-refractivity contribution in [1.82, 2.24) is 9.13 Å². The number of thiazole rings is 1. The lowest BCUT2D eigenvalue weighted by atomic mass is 9.93. The Kier molecular flexibility index (Phi) is 8.64. The summed E-state index contributed by atoms with van der Waals surface area (Å²) < 4.78 is 9.76. The first-order valence-corrected chi connectivity index (χ1v) is 16.8. The summed E-state index contributed by atoms with van der Waals surface area (Å²) in [4.78, 5) is 33.5. The quantitative estimate of drug-likeness (QED) is 0.159. The van der Waals surface area contributed by atoms with Crippen LogP contribution in [0.4, 0.5) is 0 Å². The molecular weight excluding hydrogens is 673 g/mol. The number of carbonyl (C=O) groups is 1. The second kappa shape index (κ2) is 13.0. The van der Waals surface area contributed by atoms with Crippen LogP contribution in [0, 0.1) is 0 Å². The smallest absolute Gasteiger partial charge is 0.338 e. The minimum Gasteiger partial charge on any atom is -0.463 e. The molecule has 3 heterocycles. The van der Waals surface area contributed by atoms with Crippen molar-refractivity contribution in [1.29, 1.82) is 0 Å². The van der Waals surface area contributed by atoms with Gasteiger partial charge in [-0.3, -0.25) is 9.36 Å². The number of ether oxygens (including phenoxy) is 1. The maximum atomic E-state index is 14.4. The van der Waals surface area contributed by atoms with E-state index in [0.717, 1.165) is 27.6 Å². The summed E-state index contributed by atoms with van der Waals surface area (Å²) in [7, 11) is 0. The summed E-state index contributed by atoms with van der Waals surface area (Å²) in [5, 5.41) is 2.53. The van der Waals surface area contributed by atoms with Gasteiger partial charge in [0.25, 0.3) is 5.56 Å². The second-order valence-corrected chi connectivity index (χ2v) is 13.2. The van der Waals surface area contributed by atoms with E-state index in [1.807, 2.05) is 91.1 Å². The van der Waals surface area contributed by atoms with E-state index in [2.05, 4.69) is 4.57 Å².